The van der Waals surface area contributed by atoms with E-state index < -0.39 is 54.3 Å². The lowest BCUT2D eigenvalue weighted by atomic mass is 10.1. The molecule has 25 heteroatoms. The van der Waals surface area contributed by atoms with Crippen LogP contribution in [0.25, 0.3) is 20.9 Å². The summed E-state index contributed by atoms with van der Waals surface area (Å²) >= 11 is 6.05. The van der Waals surface area contributed by atoms with Gasteiger partial charge in [-0.05, 0) is 151 Å². The van der Waals surface area contributed by atoms with Gasteiger partial charge in [0.2, 0.25) is 0 Å². The van der Waals surface area contributed by atoms with Crippen LogP contribution in [-0.4, -0.2) is 109 Å². The Morgan fingerprint density at radius 1 is 0.562 bits per heavy atom. The molecule has 6 amide bonds. The summed E-state index contributed by atoms with van der Waals surface area (Å²) in [5.74, 6) is -8.83. The van der Waals surface area contributed by atoms with Crippen molar-refractivity contribution in [3.8, 4) is 20.9 Å². The fraction of sp³-hybridized carbons (Fsp3) is 0.250. The quantitative estimate of drug-likeness (QED) is 0.0613. The lowest BCUT2D eigenvalue weighted by Gasteiger charge is -2.40. The number of hydrogen-bond acceptors (Lipinski definition) is 12. The van der Waals surface area contributed by atoms with Crippen molar-refractivity contribution in [1.29, 1.82) is 0 Å². The number of pyridine rings is 2. The number of nitrogens with one attached hydrogen (secondary N) is 5. The molecule has 5 N–H and O–H groups in total. The highest BCUT2D eigenvalue weighted by Crippen LogP contribution is 2.44. The maximum absolute atomic E-state index is 15.3. The number of thiophene rings is 2. The standard InChI is InChI=1S/C32H26F3N5O3S.C29H22BrFN4O3S.C3H5F2N.H2/c33-23-14-19(7-10-24(23)38-29(41)22-5-3-12-36-28(22)39-16-32(34,35)17-39)31(43)40-13-11-18-15-26(30(42)37-20-8-9-20)44-27(18)21-4-1-2-6-25(21)40;30-26-20(5-3-12-32-26)27(36)34-22-10-7-17(14-21(22)31)29(38)35-13-11-16-15-24(28(37)33-18-8-9-18)39-25(16)19-4-1-2-6-23(19)35;4-3(5)1-6-2-3;/h1-7,10,12,14-15,20H,8-9,11,13,16-17H2,(H,37,42)(H,38,41);1-7,10,12,14-15,18H,8-9,11,13H2,(H,33,37)(H,34,36);6H,1-2H2;1H/i;;;1+2. The highest BCUT2D eigenvalue weighted by molar-refractivity contribution is 9.10. The predicted molar refractivity (Wildman–Crippen MR) is 333 cm³/mol. The summed E-state index contributed by atoms with van der Waals surface area (Å²) in [6.45, 7) is -0.680. The Hall–Kier alpha value is -8.78. The van der Waals surface area contributed by atoms with Gasteiger partial charge in [0.05, 0.1) is 69.8 Å². The molecule has 16 nitrogen and oxygen atoms in total. The second-order valence-corrected chi connectivity index (χ2v) is 24.9. The molecular formula is C64H55BrF6N10O6S2. The summed E-state index contributed by atoms with van der Waals surface area (Å²) in [5, 5.41) is 13.5. The largest absolute Gasteiger partial charge is 0.349 e. The van der Waals surface area contributed by atoms with Gasteiger partial charge in [0, 0.05) is 71.0 Å². The summed E-state index contributed by atoms with van der Waals surface area (Å²) < 4.78 is 80.5. The Kier molecular flexibility index (Phi) is 17.0. The Bertz CT molecular complexity index is 4130. The van der Waals surface area contributed by atoms with E-state index in [1.165, 1.54) is 76.4 Å². The van der Waals surface area contributed by atoms with Crippen molar-refractivity contribution in [2.24, 2.45) is 0 Å². The molecule has 0 radical (unpaired) electrons. The molecule has 14 rings (SSSR count). The van der Waals surface area contributed by atoms with Crippen LogP contribution >= 0.6 is 38.6 Å². The minimum atomic E-state index is -2.85. The Labute approximate surface area is 523 Å². The number of carbonyl (C=O) groups excluding carboxylic acids is 6. The van der Waals surface area contributed by atoms with Gasteiger partial charge in [-0.15, -0.1) is 22.7 Å². The molecule has 2 aliphatic carbocycles. The van der Waals surface area contributed by atoms with Gasteiger partial charge in [0.15, 0.2) is 0 Å². The lowest BCUT2D eigenvalue weighted by molar-refractivity contribution is -0.0476. The van der Waals surface area contributed by atoms with Crippen LogP contribution in [0.1, 0.15) is 99.0 Å². The van der Waals surface area contributed by atoms with E-state index in [-0.39, 0.29) is 83.8 Å². The van der Waals surface area contributed by atoms with Gasteiger partial charge in [-0.25, -0.2) is 36.3 Å². The first kappa shape index (κ1) is 60.5. The zero-order valence-corrected chi connectivity index (χ0v) is 50.2. The molecule has 4 fully saturated rings. The number of rotatable bonds is 11. The van der Waals surface area contributed by atoms with Crippen molar-refractivity contribution in [1.82, 2.24) is 25.9 Å². The van der Waals surface area contributed by atoms with Gasteiger partial charge in [-0.2, -0.15) is 0 Å². The summed E-state index contributed by atoms with van der Waals surface area (Å²) in [7, 11) is 0. The van der Waals surface area contributed by atoms with Gasteiger partial charge in [-0.3, -0.25) is 28.8 Å². The van der Waals surface area contributed by atoms with E-state index in [4.69, 9.17) is 0 Å². The molecule has 6 aliphatic rings. The number of alkyl halides is 4. The first-order valence-corrected chi connectivity index (χ1v) is 30.9. The van der Waals surface area contributed by atoms with Crippen LogP contribution in [0.4, 0.5) is 54.9 Å². The number of aromatic nitrogens is 2. The summed E-state index contributed by atoms with van der Waals surface area (Å²) in [6.07, 6.45) is 8.04. The number of fused-ring (bicyclic) bond motifs is 6. The molecule has 0 unspecified atom stereocenters. The van der Waals surface area contributed by atoms with Crippen LogP contribution in [0.2, 0.25) is 0 Å². The average Bonchev–Trinajstić information content (AvgIpc) is 2.07. The monoisotopic (exact) mass is 1320 g/mol. The minimum Gasteiger partial charge on any atom is -0.349 e. The second-order valence-electron chi connectivity index (χ2n) is 22.1. The number of amides is 6. The molecule has 0 atom stereocenters. The summed E-state index contributed by atoms with van der Waals surface area (Å²) in [6, 6.07) is 33.3. The van der Waals surface area contributed by atoms with Crippen molar-refractivity contribution in [2.75, 3.05) is 64.6 Å². The molecule has 0 bridgehead atoms. The van der Waals surface area contributed by atoms with Gasteiger partial charge in [0.1, 0.15) is 22.1 Å². The smallest absolute Gasteiger partial charge is 0.282 e. The zero-order chi connectivity index (χ0) is 62.3. The third-order valence-corrected chi connectivity index (χ3v) is 18.4. The third kappa shape index (κ3) is 13.5. The van der Waals surface area contributed by atoms with Crippen LogP contribution in [0.3, 0.4) is 0 Å². The SMILES string of the molecule is FC1(F)CNC1.O=C(NC1CC1)c1cc2c(s1)-c1ccccc1N(C(=O)c1ccc(NC(=O)c3cccnc3Br)c(F)c1)CC2.O=C(NC1CC1)c1cc2c(s1)-c1ccccc1N(C(=O)c1ccc(NC(=O)c3cccnc3N3CC(F)(F)C3)c(F)c1)CC2.[3HH]. The maximum atomic E-state index is 15.3. The van der Waals surface area contributed by atoms with E-state index >= 15 is 8.78 Å². The summed E-state index contributed by atoms with van der Waals surface area (Å²) in [5.41, 5.74) is 5.38. The topological polar surface area (TPSA) is 198 Å². The summed E-state index contributed by atoms with van der Waals surface area (Å²) in [4.78, 5) is 94.2. The number of carbonyl (C=O) groups is 6. The first-order valence-electron chi connectivity index (χ1n) is 28.4. The van der Waals surface area contributed by atoms with Gasteiger partial charge in [-0.1, -0.05) is 36.4 Å². The van der Waals surface area contributed by atoms with E-state index in [9.17, 15) is 46.3 Å². The van der Waals surface area contributed by atoms with Crippen LogP contribution in [0, 0.1) is 11.6 Å². The van der Waals surface area contributed by atoms with Crippen molar-refractivity contribution >= 4 is 103 Å². The van der Waals surface area contributed by atoms with Gasteiger partial charge >= 0.3 is 0 Å². The number of hydrogen-bond donors (Lipinski definition) is 5. The molecule has 458 valence electrons. The molecule has 4 aliphatic heterocycles. The number of halogens is 7. The molecular weight excluding hydrogens is 1260 g/mol. The molecule has 0 spiro atoms. The number of benzene rings is 4. The molecule has 4 aromatic heterocycles. The van der Waals surface area contributed by atoms with Crippen LogP contribution in [0.15, 0.2) is 138 Å². The van der Waals surface area contributed by atoms with Crippen LogP contribution in [-0.2, 0) is 12.8 Å². The molecule has 2 saturated heterocycles. The molecule has 8 heterocycles. The predicted octanol–water partition coefficient (Wildman–Crippen LogP) is 12.3. The van der Waals surface area contributed by atoms with E-state index in [0.29, 0.717) is 51.7 Å². The van der Waals surface area contributed by atoms with Crippen molar-refractivity contribution in [3.63, 3.8) is 0 Å². The molecule has 89 heavy (non-hydrogen) atoms. The fourth-order valence-corrected chi connectivity index (χ4v) is 13.1. The lowest BCUT2D eigenvalue weighted by Crippen LogP contribution is -2.57. The maximum Gasteiger partial charge on any atom is 0.282 e. The average molecular weight is 1320 g/mol. The van der Waals surface area contributed by atoms with E-state index in [1.54, 1.807) is 21.9 Å². The number of para-hydroxylation sites is 2. The molecule has 2 saturated carbocycles. The Balaban J connectivity index is 0.000000168. The Morgan fingerprint density at radius 2 is 1.01 bits per heavy atom. The normalized spacial score (nSPS) is 16.4. The van der Waals surface area contributed by atoms with E-state index in [1.807, 2.05) is 60.7 Å². The third-order valence-electron chi connectivity index (χ3n) is 15.3. The number of nitrogens with zero attached hydrogens (tertiary/aromatic N) is 5. The van der Waals surface area contributed by atoms with Crippen molar-refractivity contribution in [2.45, 2.75) is 62.5 Å². The van der Waals surface area contributed by atoms with Crippen LogP contribution in [0.5, 0.6) is 0 Å². The van der Waals surface area contributed by atoms with Crippen molar-refractivity contribution < 1.29 is 56.5 Å². The van der Waals surface area contributed by atoms with Crippen LogP contribution < -0.4 is 41.3 Å². The second kappa shape index (κ2) is 25.0. The zero-order valence-electron chi connectivity index (χ0n) is 47.0. The first-order chi connectivity index (χ1) is 42.8. The highest BCUT2D eigenvalue weighted by Gasteiger charge is 2.46. The Morgan fingerprint density at radius 3 is 1.44 bits per heavy atom. The minimum absolute atomic E-state index is 0. The van der Waals surface area contributed by atoms with Gasteiger partial charge < -0.3 is 41.3 Å². The molecule has 8 aromatic rings. The van der Waals surface area contributed by atoms with Gasteiger partial charge in [0.25, 0.3) is 47.3 Å². The fourth-order valence-electron chi connectivity index (χ4n) is 10.4. The number of anilines is 5. The van der Waals surface area contributed by atoms with Crippen molar-refractivity contribution in [3.05, 3.63) is 193 Å². The van der Waals surface area contributed by atoms with E-state index in [0.717, 1.165) is 69.8 Å². The van der Waals surface area contributed by atoms with E-state index in [2.05, 4.69) is 52.5 Å². The molecule has 4 aromatic carbocycles. The highest BCUT2D eigenvalue weighted by atomic mass is 79.9.